The van der Waals surface area contributed by atoms with Crippen LogP contribution in [0.5, 0.6) is 0 Å². The summed E-state index contributed by atoms with van der Waals surface area (Å²) in [5.74, 6) is 1.79. The molecule has 1 aromatic rings. The van der Waals surface area contributed by atoms with Gasteiger partial charge < -0.3 is 5.11 Å². The predicted octanol–water partition coefficient (Wildman–Crippen LogP) is 5.80. The molecule has 0 spiro atoms. The molecule has 1 N–H and O–H groups in total. The lowest BCUT2D eigenvalue weighted by Gasteiger charge is -2.59. The lowest BCUT2D eigenvalue weighted by molar-refractivity contribution is -0.163. The van der Waals surface area contributed by atoms with E-state index in [0.717, 1.165) is 38.5 Å². The van der Waals surface area contributed by atoms with Crippen molar-refractivity contribution in [3.05, 3.63) is 35.4 Å². The van der Waals surface area contributed by atoms with Crippen LogP contribution in [0.3, 0.4) is 0 Å². The zero-order chi connectivity index (χ0) is 22.5. The highest BCUT2D eigenvalue weighted by molar-refractivity contribution is 6.13. The van der Waals surface area contributed by atoms with Gasteiger partial charge in [-0.1, -0.05) is 24.3 Å². The molecule has 8 aliphatic rings. The third-order valence-corrected chi connectivity index (χ3v) is 11.0. The molecule has 3 atom stereocenters. The van der Waals surface area contributed by atoms with Crippen molar-refractivity contribution < 1.29 is 19.5 Å². The van der Waals surface area contributed by atoms with Crippen molar-refractivity contribution >= 4 is 17.5 Å². The van der Waals surface area contributed by atoms with Gasteiger partial charge in [0.25, 0.3) is 0 Å². The van der Waals surface area contributed by atoms with Crippen LogP contribution in [0.15, 0.2) is 24.3 Å². The molecule has 9 rings (SSSR count). The molecule has 0 saturated heterocycles. The molecule has 4 heteroatoms. The van der Waals surface area contributed by atoms with Crippen molar-refractivity contribution in [3.8, 4) is 0 Å². The highest BCUT2D eigenvalue weighted by Gasteiger charge is 2.63. The molecular weight excluding hydrogens is 412 g/mol. The van der Waals surface area contributed by atoms with E-state index >= 15 is 0 Å². The number of Topliss-reactive ketones (excluding diaryl/α,β-unsaturated/α-hetero) is 2. The van der Waals surface area contributed by atoms with E-state index in [9.17, 15) is 19.5 Å². The summed E-state index contributed by atoms with van der Waals surface area (Å²) in [5.41, 5.74) is -0.00665. The Morgan fingerprint density at radius 3 is 1.61 bits per heavy atom. The van der Waals surface area contributed by atoms with E-state index in [0.29, 0.717) is 53.6 Å². The van der Waals surface area contributed by atoms with Crippen molar-refractivity contribution in [1.29, 1.82) is 0 Å². The van der Waals surface area contributed by atoms with Crippen LogP contribution in [0.2, 0.25) is 0 Å². The number of aliphatic carboxylic acids is 1. The maximum absolute atomic E-state index is 14.3. The van der Waals surface area contributed by atoms with Crippen molar-refractivity contribution in [2.24, 2.45) is 52.3 Å². The smallest absolute Gasteiger partial charge is 0.307 e. The number of rotatable bonds is 5. The predicted molar refractivity (Wildman–Crippen MR) is 123 cm³/mol. The van der Waals surface area contributed by atoms with Crippen molar-refractivity contribution in [3.63, 3.8) is 0 Å². The zero-order valence-corrected chi connectivity index (χ0v) is 19.3. The van der Waals surface area contributed by atoms with Gasteiger partial charge in [0.05, 0.1) is 5.92 Å². The Morgan fingerprint density at radius 2 is 1.12 bits per heavy atom. The number of carbonyl (C=O) groups is 3. The van der Waals surface area contributed by atoms with Crippen molar-refractivity contribution in [2.75, 3.05) is 0 Å². The summed E-state index contributed by atoms with van der Waals surface area (Å²) in [6.45, 7) is 0. The summed E-state index contributed by atoms with van der Waals surface area (Å²) in [5, 5.41) is 10.2. The number of hydrogen-bond donors (Lipinski definition) is 1. The molecule has 0 amide bonds. The van der Waals surface area contributed by atoms with E-state index in [1.54, 1.807) is 0 Å². The lowest BCUT2D eigenvalue weighted by Crippen LogP contribution is -2.58. The average molecular weight is 447 g/mol. The first kappa shape index (κ1) is 20.4. The van der Waals surface area contributed by atoms with Gasteiger partial charge in [-0.3, -0.25) is 14.4 Å². The molecular formula is C29H34O4. The topological polar surface area (TPSA) is 71.4 Å². The fourth-order valence-electron chi connectivity index (χ4n) is 10.6. The van der Waals surface area contributed by atoms with Gasteiger partial charge in [-0.2, -0.15) is 0 Å². The monoisotopic (exact) mass is 446 g/mol. The minimum absolute atomic E-state index is 0.0392. The van der Waals surface area contributed by atoms with Crippen LogP contribution in [-0.4, -0.2) is 22.6 Å². The van der Waals surface area contributed by atoms with Gasteiger partial charge in [0.1, 0.15) is 0 Å². The number of carbonyl (C=O) groups excluding carboxylic acids is 2. The Hall–Kier alpha value is -1.97. The highest BCUT2D eigenvalue weighted by atomic mass is 16.4. The summed E-state index contributed by atoms with van der Waals surface area (Å²) < 4.78 is 0. The SMILES string of the molecule is O=C(O)C1C2CC3CC(C2)CC1(C(=O)c1ccccc1C(=O)C12CC4CC(CC(C4)C1)C2)C3. The zero-order valence-electron chi connectivity index (χ0n) is 19.3. The average Bonchev–Trinajstić information content (AvgIpc) is 2.76. The number of carboxylic acids is 1. The largest absolute Gasteiger partial charge is 0.481 e. The Morgan fingerprint density at radius 1 is 0.667 bits per heavy atom. The Balaban J connectivity index is 1.29. The number of benzene rings is 1. The first-order valence-electron chi connectivity index (χ1n) is 13.3. The molecule has 174 valence electrons. The number of hydrogen-bond acceptors (Lipinski definition) is 3. The number of carboxylic acid groups (broad SMARTS) is 1. The van der Waals surface area contributed by atoms with Gasteiger partial charge in [0.2, 0.25) is 0 Å². The van der Waals surface area contributed by atoms with Crippen LogP contribution in [0.4, 0.5) is 0 Å². The van der Waals surface area contributed by atoms with Gasteiger partial charge in [0, 0.05) is 22.0 Å². The minimum Gasteiger partial charge on any atom is -0.481 e. The Kier molecular flexibility index (Phi) is 4.20. The molecule has 0 aromatic heterocycles. The maximum Gasteiger partial charge on any atom is 0.307 e. The van der Waals surface area contributed by atoms with E-state index in [1.807, 2.05) is 24.3 Å². The molecule has 8 fully saturated rings. The second kappa shape index (κ2) is 6.79. The van der Waals surface area contributed by atoms with Crippen LogP contribution in [0.25, 0.3) is 0 Å². The third kappa shape index (κ3) is 2.79. The molecule has 0 radical (unpaired) electrons. The van der Waals surface area contributed by atoms with Gasteiger partial charge in [-0.25, -0.2) is 0 Å². The van der Waals surface area contributed by atoms with Crippen LogP contribution >= 0.6 is 0 Å². The first-order valence-corrected chi connectivity index (χ1v) is 13.3. The normalized spacial score (nSPS) is 46.5. The lowest BCUT2D eigenvalue weighted by atomic mass is 9.43. The maximum atomic E-state index is 14.3. The van der Waals surface area contributed by atoms with Gasteiger partial charge in [-0.15, -0.1) is 0 Å². The van der Waals surface area contributed by atoms with Gasteiger partial charge in [0.15, 0.2) is 11.6 Å². The number of ketones is 2. The Labute approximate surface area is 195 Å². The van der Waals surface area contributed by atoms with Crippen LogP contribution < -0.4 is 0 Å². The second-order valence-corrected chi connectivity index (χ2v) is 13.0. The van der Waals surface area contributed by atoms with E-state index in [4.69, 9.17) is 0 Å². The third-order valence-electron chi connectivity index (χ3n) is 11.0. The van der Waals surface area contributed by atoms with Crippen molar-refractivity contribution in [2.45, 2.75) is 70.6 Å². The highest BCUT2D eigenvalue weighted by Crippen LogP contribution is 2.65. The molecule has 0 heterocycles. The van der Waals surface area contributed by atoms with E-state index in [1.165, 1.54) is 19.3 Å². The minimum atomic E-state index is -0.821. The van der Waals surface area contributed by atoms with Gasteiger partial charge in [-0.05, 0) is 106 Å². The standard InChI is InChI=1S/C29H34O4/c30-25(28-11-16-5-17(12-28)7-18(6-16)13-28)22-3-1-2-4-23(22)26(31)29-14-19-8-20(15-29)10-21(9-19)24(29)27(32)33/h1-4,16-21,24H,5-15H2,(H,32,33). The fourth-order valence-corrected chi connectivity index (χ4v) is 10.6. The quantitative estimate of drug-likeness (QED) is 0.581. The summed E-state index contributed by atoms with van der Waals surface area (Å²) in [6, 6.07) is 7.44. The van der Waals surface area contributed by atoms with Gasteiger partial charge >= 0.3 is 5.97 Å². The summed E-state index contributed by atoms with van der Waals surface area (Å²) in [7, 11) is 0. The van der Waals surface area contributed by atoms with E-state index in [2.05, 4.69) is 0 Å². The molecule has 8 saturated carbocycles. The van der Waals surface area contributed by atoms with Crippen molar-refractivity contribution in [1.82, 2.24) is 0 Å². The van der Waals surface area contributed by atoms with Crippen LogP contribution in [0, 0.1) is 52.3 Å². The van der Waals surface area contributed by atoms with E-state index in [-0.39, 0.29) is 22.9 Å². The summed E-state index contributed by atoms with van der Waals surface area (Å²) in [4.78, 5) is 41.0. The fraction of sp³-hybridized carbons (Fsp3) is 0.690. The molecule has 3 unspecified atom stereocenters. The molecule has 33 heavy (non-hydrogen) atoms. The first-order chi connectivity index (χ1) is 15.9. The molecule has 8 aliphatic carbocycles. The summed E-state index contributed by atoms with van der Waals surface area (Å²) in [6.07, 6.45) is 11.2. The molecule has 0 aliphatic heterocycles. The molecule has 1 aromatic carbocycles. The second-order valence-electron chi connectivity index (χ2n) is 13.0. The molecule has 8 bridgehead atoms. The summed E-state index contributed by atoms with van der Waals surface area (Å²) >= 11 is 0. The van der Waals surface area contributed by atoms with Crippen LogP contribution in [0.1, 0.15) is 91.3 Å². The van der Waals surface area contributed by atoms with E-state index < -0.39 is 17.3 Å². The molecule has 4 nitrogen and oxygen atoms in total. The Bertz CT molecular complexity index is 1000. The van der Waals surface area contributed by atoms with Crippen LogP contribution in [-0.2, 0) is 4.79 Å².